The zero-order valence-electron chi connectivity index (χ0n) is 15.8. The van der Waals surface area contributed by atoms with Gasteiger partial charge in [0.15, 0.2) is 10.8 Å². The number of nitrogens with zero attached hydrogens (tertiary/aromatic N) is 5. The first kappa shape index (κ1) is 18.8. The predicted molar refractivity (Wildman–Crippen MR) is 107 cm³/mol. The lowest BCUT2D eigenvalue weighted by Gasteiger charge is -2.34. The molecule has 1 saturated heterocycles. The largest absolute Gasteiger partial charge is 0.377 e. The van der Waals surface area contributed by atoms with Gasteiger partial charge in [-0.2, -0.15) is 5.10 Å². The molecule has 8 heteroatoms. The van der Waals surface area contributed by atoms with Crippen molar-refractivity contribution < 1.29 is 9.53 Å². The SMILES string of the molecule is CCCCc1csc(C(=O)N2CCOCC2c2ncnn2-c2ccccc2)n1. The Morgan fingerprint density at radius 2 is 2.18 bits per heavy atom. The molecule has 28 heavy (non-hydrogen) atoms. The highest BCUT2D eigenvalue weighted by atomic mass is 32.1. The van der Waals surface area contributed by atoms with Crippen LogP contribution < -0.4 is 0 Å². The average molecular weight is 398 g/mol. The molecule has 2 aromatic heterocycles. The summed E-state index contributed by atoms with van der Waals surface area (Å²) in [4.78, 5) is 24.0. The molecule has 1 fully saturated rings. The number of benzene rings is 1. The fourth-order valence-electron chi connectivity index (χ4n) is 3.31. The number of aryl methyl sites for hydroxylation is 1. The number of carbonyl (C=O) groups excluding carboxylic acids is 1. The van der Waals surface area contributed by atoms with E-state index in [-0.39, 0.29) is 11.9 Å². The molecule has 0 bridgehead atoms. The van der Waals surface area contributed by atoms with Gasteiger partial charge in [-0.3, -0.25) is 4.79 Å². The number of unbranched alkanes of at least 4 members (excludes halogenated alkanes) is 1. The van der Waals surface area contributed by atoms with Crippen LogP contribution in [0.25, 0.3) is 5.69 Å². The van der Waals surface area contributed by atoms with E-state index in [4.69, 9.17) is 4.74 Å². The Hall–Kier alpha value is -2.58. The quantitative estimate of drug-likeness (QED) is 0.638. The van der Waals surface area contributed by atoms with Crippen LogP contribution in [0.1, 0.15) is 47.1 Å². The Kier molecular flexibility index (Phi) is 5.78. The van der Waals surface area contributed by atoms with Gasteiger partial charge in [0.05, 0.1) is 24.6 Å². The van der Waals surface area contributed by atoms with Crippen LogP contribution in [0.2, 0.25) is 0 Å². The number of thiazole rings is 1. The molecular formula is C20H23N5O2S. The number of aromatic nitrogens is 4. The highest BCUT2D eigenvalue weighted by molar-refractivity contribution is 7.11. The number of ether oxygens (including phenoxy) is 1. The van der Waals surface area contributed by atoms with E-state index in [2.05, 4.69) is 22.0 Å². The van der Waals surface area contributed by atoms with E-state index < -0.39 is 0 Å². The monoisotopic (exact) mass is 397 g/mol. The average Bonchev–Trinajstić information content (AvgIpc) is 3.42. The summed E-state index contributed by atoms with van der Waals surface area (Å²) in [5.41, 5.74) is 1.90. The molecule has 3 heterocycles. The van der Waals surface area contributed by atoms with Crippen molar-refractivity contribution in [1.29, 1.82) is 0 Å². The van der Waals surface area contributed by atoms with Crippen molar-refractivity contribution in [2.75, 3.05) is 19.8 Å². The second kappa shape index (κ2) is 8.62. The number of para-hydroxylation sites is 1. The summed E-state index contributed by atoms with van der Waals surface area (Å²) in [5, 5.41) is 6.89. The highest BCUT2D eigenvalue weighted by Crippen LogP contribution is 2.27. The van der Waals surface area contributed by atoms with Crippen LogP contribution in [0.15, 0.2) is 42.0 Å². The molecule has 7 nitrogen and oxygen atoms in total. The van der Waals surface area contributed by atoms with Gasteiger partial charge in [-0.1, -0.05) is 31.5 Å². The van der Waals surface area contributed by atoms with Gasteiger partial charge < -0.3 is 9.64 Å². The van der Waals surface area contributed by atoms with Gasteiger partial charge in [-0.05, 0) is 25.0 Å². The molecule has 146 valence electrons. The van der Waals surface area contributed by atoms with Crippen molar-refractivity contribution in [3.63, 3.8) is 0 Å². The second-order valence-corrected chi connectivity index (χ2v) is 7.56. The maximum atomic E-state index is 13.2. The molecule has 0 saturated carbocycles. The van der Waals surface area contributed by atoms with Gasteiger partial charge in [-0.15, -0.1) is 11.3 Å². The van der Waals surface area contributed by atoms with Crippen LogP contribution in [0.4, 0.5) is 0 Å². The number of amides is 1. The molecule has 3 aromatic rings. The smallest absolute Gasteiger partial charge is 0.283 e. The normalized spacial score (nSPS) is 17.0. The van der Waals surface area contributed by atoms with Crippen LogP contribution in [0, 0.1) is 0 Å². The molecule has 1 aliphatic heterocycles. The third kappa shape index (κ3) is 3.83. The molecule has 1 amide bonds. The minimum Gasteiger partial charge on any atom is -0.377 e. The maximum absolute atomic E-state index is 13.2. The van der Waals surface area contributed by atoms with Crippen molar-refractivity contribution in [3.05, 3.63) is 58.6 Å². The van der Waals surface area contributed by atoms with Crippen molar-refractivity contribution in [2.45, 2.75) is 32.2 Å². The summed E-state index contributed by atoms with van der Waals surface area (Å²) < 4.78 is 7.45. The Morgan fingerprint density at radius 3 is 3.00 bits per heavy atom. The zero-order valence-corrected chi connectivity index (χ0v) is 16.6. The van der Waals surface area contributed by atoms with E-state index in [0.717, 1.165) is 30.6 Å². The lowest BCUT2D eigenvalue weighted by atomic mass is 10.2. The molecule has 1 aliphatic rings. The molecule has 0 N–H and O–H groups in total. The maximum Gasteiger partial charge on any atom is 0.283 e. The van der Waals surface area contributed by atoms with Crippen LogP contribution in [0.5, 0.6) is 0 Å². The molecule has 1 aromatic carbocycles. The van der Waals surface area contributed by atoms with E-state index in [1.165, 1.54) is 17.7 Å². The first-order valence-electron chi connectivity index (χ1n) is 9.56. The summed E-state index contributed by atoms with van der Waals surface area (Å²) in [6, 6.07) is 9.50. The van der Waals surface area contributed by atoms with E-state index >= 15 is 0 Å². The molecular weight excluding hydrogens is 374 g/mol. The lowest BCUT2D eigenvalue weighted by molar-refractivity contribution is -0.00581. The van der Waals surface area contributed by atoms with E-state index in [1.54, 1.807) is 4.68 Å². The first-order chi connectivity index (χ1) is 13.8. The number of hydrogen-bond acceptors (Lipinski definition) is 6. The third-order valence-corrected chi connectivity index (χ3v) is 5.66. The molecule has 0 aliphatic carbocycles. The predicted octanol–water partition coefficient (Wildman–Crippen LogP) is 3.28. The Balaban J connectivity index is 1.60. The lowest BCUT2D eigenvalue weighted by Crippen LogP contribution is -2.44. The van der Waals surface area contributed by atoms with Gasteiger partial charge >= 0.3 is 0 Å². The Bertz CT molecular complexity index is 924. The van der Waals surface area contributed by atoms with Crippen LogP contribution in [0.3, 0.4) is 0 Å². The summed E-state index contributed by atoms with van der Waals surface area (Å²) >= 11 is 1.42. The van der Waals surface area contributed by atoms with Gasteiger partial charge in [0, 0.05) is 11.9 Å². The highest BCUT2D eigenvalue weighted by Gasteiger charge is 2.34. The third-order valence-electron chi connectivity index (χ3n) is 4.78. The molecule has 0 spiro atoms. The fourth-order valence-corrected chi connectivity index (χ4v) is 4.11. The van der Waals surface area contributed by atoms with Gasteiger partial charge in [0.1, 0.15) is 12.4 Å². The van der Waals surface area contributed by atoms with Crippen LogP contribution >= 0.6 is 11.3 Å². The number of rotatable bonds is 6. The van der Waals surface area contributed by atoms with Gasteiger partial charge in [0.25, 0.3) is 5.91 Å². The first-order valence-corrected chi connectivity index (χ1v) is 10.4. The number of hydrogen-bond donors (Lipinski definition) is 0. The summed E-state index contributed by atoms with van der Waals surface area (Å²) in [6.07, 6.45) is 4.63. The summed E-state index contributed by atoms with van der Waals surface area (Å²) in [7, 11) is 0. The standard InChI is InChI=1S/C20H23N5O2S/c1-2-3-7-15-13-28-19(23-15)20(26)24-10-11-27-12-17(24)18-21-14-22-25(18)16-8-5-4-6-9-16/h4-6,8-9,13-14,17H,2-3,7,10-12H2,1H3. The molecule has 0 radical (unpaired) electrons. The number of morpholine rings is 1. The summed E-state index contributed by atoms with van der Waals surface area (Å²) in [5.74, 6) is 0.630. The van der Waals surface area contributed by atoms with Gasteiger partial charge in [0.2, 0.25) is 0 Å². The van der Waals surface area contributed by atoms with E-state index in [9.17, 15) is 4.79 Å². The topological polar surface area (TPSA) is 73.1 Å². The van der Waals surface area contributed by atoms with Crippen molar-refractivity contribution in [1.82, 2.24) is 24.6 Å². The van der Waals surface area contributed by atoms with E-state index in [1.807, 2.05) is 40.6 Å². The Labute approximate surface area is 168 Å². The Morgan fingerprint density at radius 1 is 1.32 bits per heavy atom. The minimum atomic E-state index is -0.299. The van der Waals surface area contributed by atoms with Crippen LogP contribution in [-0.2, 0) is 11.2 Å². The zero-order chi connectivity index (χ0) is 19.3. The van der Waals surface area contributed by atoms with Crippen molar-refractivity contribution >= 4 is 17.2 Å². The molecule has 1 atom stereocenters. The van der Waals surface area contributed by atoms with Crippen molar-refractivity contribution in [3.8, 4) is 5.69 Å². The molecule has 1 unspecified atom stereocenters. The second-order valence-electron chi connectivity index (χ2n) is 6.70. The summed E-state index contributed by atoms with van der Waals surface area (Å²) in [6.45, 7) is 3.57. The van der Waals surface area contributed by atoms with Crippen LogP contribution in [-0.4, -0.2) is 50.3 Å². The van der Waals surface area contributed by atoms with E-state index in [0.29, 0.717) is 30.6 Å². The van der Waals surface area contributed by atoms with Crippen molar-refractivity contribution in [2.24, 2.45) is 0 Å². The minimum absolute atomic E-state index is 0.0661. The van der Waals surface area contributed by atoms with Gasteiger partial charge in [-0.25, -0.2) is 14.6 Å². The number of carbonyl (C=O) groups is 1. The molecule has 4 rings (SSSR count). The fraction of sp³-hybridized carbons (Fsp3) is 0.400.